The van der Waals surface area contributed by atoms with Crippen LogP contribution in [0.15, 0.2) is 36.4 Å². The van der Waals surface area contributed by atoms with Crippen LogP contribution in [0.2, 0.25) is 0 Å². The molecule has 0 amide bonds. The van der Waals surface area contributed by atoms with Gasteiger partial charge >= 0.3 is 0 Å². The van der Waals surface area contributed by atoms with Crippen LogP contribution < -0.4 is 10.5 Å². The minimum absolute atomic E-state index is 0.222. The van der Waals surface area contributed by atoms with Gasteiger partial charge in [0, 0.05) is 6.07 Å². The summed E-state index contributed by atoms with van der Waals surface area (Å²) in [5.74, 6) is 0.246. The molecule has 0 saturated heterocycles. The minimum atomic E-state index is -0.261. The van der Waals surface area contributed by atoms with Gasteiger partial charge in [0.15, 0.2) is 0 Å². The van der Waals surface area contributed by atoms with Gasteiger partial charge in [-0.25, -0.2) is 4.39 Å². The first-order valence-corrected chi connectivity index (χ1v) is 6.69. The van der Waals surface area contributed by atoms with Crippen LogP contribution in [0.5, 0.6) is 5.75 Å². The zero-order chi connectivity index (χ0) is 14.7. The van der Waals surface area contributed by atoms with Gasteiger partial charge < -0.3 is 10.5 Å². The van der Waals surface area contributed by atoms with Crippen molar-refractivity contribution in [2.24, 2.45) is 5.73 Å². The smallest absolute Gasteiger partial charge is 0.129 e. The Labute approximate surface area is 119 Å². The Bertz CT molecular complexity index is 610. The van der Waals surface area contributed by atoms with Crippen molar-refractivity contribution in [1.82, 2.24) is 0 Å². The quantitative estimate of drug-likeness (QED) is 0.918. The molecule has 0 aliphatic heterocycles. The number of benzene rings is 2. The number of ether oxygens (including phenoxy) is 1. The van der Waals surface area contributed by atoms with Crippen molar-refractivity contribution >= 4 is 0 Å². The van der Waals surface area contributed by atoms with Crippen LogP contribution in [-0.4, -0.2) is 6.61 Å². The lowest BCUT2D eigenvalue weighted by Gasteiger charge is -2.16. The Morgan fingerprint density at radius 1 is 1.05 bits per heavy atom. The molecule has 0 spiro atoms. The van der Waals surface area contributed by atoms with Gasteiger partial charge in [0.25, 0.3) is 0 Å². The highest BCUT2D eigenvalue weighted by atomic mass is 19.1. The van der Waals surface area contributed by atoms with Crippen molar-refractivity contribution in [2.45, 2.75) is 26.8 Å². The summed E-state index contributed by atoms with van der Waals surface area (Å²) in [6, 6.07) is 10.8. The molecule has 2 rings (SSSR count). The summed E-state index contributed by atoms with van der Waals surface area (Å²) in [6.45, 7) is 6.13. The normalized spacial score (nSPS) is 12.2. The lowest BCUT2D eigenvalue weighted by molar-refractivity contribution is 0.289. The number of hydrogen-bond acceptors (Lipinski definition) is 2. The van der Waals surface area contributed by atoms with Gasteiger partial charge in [0.2, 0.25) is 0 Å². The molecule has 3 heteroatoms. The molecule has 1 unspecified atom stereocenters. The zero-order valence-electron chi connectivity index (χ0n) is 12.1. The summed E-state index contributed by atoms with van der Waals surface area (Å²) in [5.41, 5.74) is 10.2. The van der Waals surface area contributed by atoms with E-state index < -0.39 is 0 Å². The van der Waals surface area contributed by atoms with Gasteiger partial charge in [-0.15, -0.1) is 0 Å². The summed E-state index contributed by atoms with van der Waals surface area (Å²) < 4.78 is 19.0. The maximum atomic E-state index is 13.4. The third-order valence-corrected chi connectivity index (χ3v) is 3.40. The van der Waals surface area contributed by atoms with E-state index in [9.17, 15) is 4.39 Å². The molecule has 0 radical (unpaired) electrons. The highest BCUT2D eigenvalue weighted by molar-refractivity contribution is 5.33. The second-order valence-electron chi connectivity index (χ2n) is 5.19. The topological polar surface area (TPSA) is 35.2 Å². The number of aryl methyl sites for hydroxylation is 3. The molecular weight excluding hydrogens is 253 g/mol. The first-order chi connectivity index (χ1) is 9.47. The highest BCUT2D eigenvalue weighted by Gasteiger charge is 2.10. The molecule has 0 fully saturated rings. The lowest BCUT2D eigenvalue weighted by atomic mass is 10.0. The number of hydrogen-bond donors (Lipinski definition) is 1. The van der Waals surface area contributed by atoms with E-state index in [4.69, 9.17) is 10.5 Å². The summed E-state index contributed by atoms with van der Waals surface area (Å²) in [4.78, 5) is 0. The monoisotopic (exact) mass is 273 g/mol. The van der Waals surface area contributed by atoms with Crippen molar-refractivity contribution < 1.29 is 9.13 Å². The summed E-state index contributed by atoms with van der Waals surface area (Å²) in [7, 11) is 0. The van der Waals surface area contributed by atoms with E-state index in [-0.39, 0.29) is 11.9 Å². The molecule has 2 nitrogen and oxygen atoms in total. The van der Waals surface area contributed by atoms with E-state index >= 15 is 0 Å². The predicted molar refractivity (Wildman–Crippen MR) is 79.5 cm³/mol. The fourth-order valence-electron chi connectivity index (χ4n) is 2.18. The highest BCUT2D eigenvalue weighted by Crippen LogP contribution is 2.20. The van der Waals surface area contributed by atoms with Gasteiger partial charge in [0.05, 0.1) is 6.04 Å². The zero-order valence-corrected chi connectivity index (χ0v) is 12.1. The first-order valence-electron chi connectivity index (χ1n) is 6.69. The fraction of sp³-hybridized carbons (Fsp3) is 0.294. The van der Waals surface area contributed by atoms with E-state index in [2.05, 4.69) is 6.07 Å². The number of rotatable bonds is 4. The van der Waals surface area contributed by atoms with E-state index in [1.54, 1.807) is 19.1 Å². The van der Waals surface area contributed by atoms with E-state index in [1.165, 1.54) is 11.6 Å². The molecule has 0 aliphatic carbocycles. The van der Waals surface area contributed by atoms with Gasteiger partial charge in [-0.2, -0.15) is 0 Å². The number of halogens is 1. The average molecular weight is 273 g/mol. The Morgan fingerprint density at radius 3 is 2.45 bits per heavy atom. The Kier molecular flexibility index (Phi) is 4.40. The van der Waals surface area contributed by atoms with Crippen LogP contribution in [0.3, 0.4) is 0 Å². The van der Waals surface area contributed by atoms with Crippen LogP contribution in [0.4, 0.5) is 4.39 Å². The van der Waals surface area contributed by atoms with E-state index in [1.807, 2.05) is 26.0 Å². The summed E-state index contributed by atoms with van der Waals surface area (Å²) >= 11 is 0. The molecule has 2 aromatic carbocycles. The maximum absolute atomic E-state index is 13.4. The van der Waals surface area contributed by atoms with Gasteiger partial charge in [0.1, 0.15) is 18.2 Å². The van der Waals surface area contributed by atoms with Crippen molar-refractivity contribution in [2.75, 3.05) is 6.61 Å². The lowest BCUT2D eigenvalue weighted by Crippen LogP contribution is -2.20. The largest absolute Gasteiger partial charge is 0.492 e. The molecule has 1 atom stereocenters. The minimum Gasteiger partial charge on any atom is -0.492 e. The van der Waals surface area contributed by atoms with E-state index in [0.717, 1.165) is 11.1 Å². The van der Waals surface area contributed by atoms with Crippen molar-refractivity contribution in [3.05, 3.63) is 64.5 Å². The third kappa shape index (κ3) is 3.36. The summed E-state index contributed by atoms with van der Waals surface area (Å²) in [5, 5.41) is 0. The Morgan fingerprint density at radius 2 is 1.80 bits per heavy atom. The fourth-order valence-corrected chi connectivity index (χ4v) is 2.18. The van der Waals surface area contributed by atoms with Gasteiger partial charge in [-0.05, 0) is 43.5 Å². The van der Waals surface area contributed by atoms with E-state index in [0.29, 0.717) is 17.9 Å². The van der Waals surface area contributed by atoms with Crippen LogP contribution in [0.25, 0.3) is 0 Å². The van der Waals surface area contributed by atoms with Crippen molar-refractivity contribution in [3.63, 3.8) is 0 Å². The Balaban J connectivity index is 2.04. The standard InChI is InChI=1S/C17H20FNO/c1-11-4-7-15(13(3)8-11)17(19)10-20-14-6-5-12(2)16(18)9-14/h4-9,17H,10,19H2,1-3H3. The second-order valence-corrected chi connectivity index (χ2v) is 5.19. The number of nitrogens with two attached hydrogens (primary N) is 1. The third-order valence-electron chi connectivity index (χ3n) is 3.40. The molecule has 0 aromatic heterocycles. The van der Waals surface area contributed by atoms with Crippen LogP contribution in [0, 0.1) is 26.6 Å². The SMILES string of the molecule is Cc1ccc(C(N)COc2ccc(C)c(F)c2)c(C)c1. The van der Waals surface area contributed by atoms with Gasteiger partial charge in [-0.3, -0.25) is 0 Å². The molecule has 0 heterocycles. The molecule has 0 aliphatic rings. The molecule has 0 saturated carbocycles. The molecule has 0 bridgehead atoms. The summed E-state index contributed by atoms with van der Waals surface area (Å²) in [6.07, 6.45) is 0. The first kappa shape index (κ1) is 14.5. The van der Waals surface area contributed by atoms with Crippen molar-refractivity contribution in [1.29, 1.82) is 0 Å². The van der Waals surface area contributed by atoms with Crippen molar-refractivity contribution in [3.8, 4) is 5.75 Å². The molecular formula is C17H20FNO. The van der Waals surface area contributed by atoms with Crippen LogP contribution >= 0.6 is 0 Å². The van der Waals surface area contributed by atoms with Crippen LogP contribution in [-0.2, 0) is 0 Å². The van der Waals surface area contributed by atoms with Crippen LogP contribution in [0.1, 0.15) is 28.3 Å². The van der Waals surface area contributed by atoms with Gasteiger partial charge in [-0.1, -0.05) is 29.8 Å². The maximum Gasteiger partial charge on any atom is 0.129 e. The molecule has 106 valence electrons. The Hall–Kier alpha value is -1.87. The average Bonchev–Trinajstić information content (AvgIpc) is 2.40. The predicted octanol–water partition coefficient (Wildman–Crippen LogP) is 3.83. The molecule has 20 heavy (non-hydrogen) atoms. The second kappa shape index (κ2) is 6.06. The molecule has 2 aromatic rings. The molecule has 2 N–H and O–H groups in total.